The number of unbranched alkanes of at least 4 members (excludes halogenated alkanes) is 15. The van der Waals surface area contributed by atoms with Gasteiger partial charge in [0, 0.05) is 0 Å². The second kappa shape index (κ2) is 22.9. The van der Waals surface area contributed by atoms with Gasteiger partial charge in [0.05, 0.1) is 26.7 Å². The van der Waals surface area contributed by atoms with Crippen LogP contribution >= 0.6 is 0 Å². The van der Waals surface area contributed by atoms with E-state index >= 15 is 0 Å². The molecule has 0 radical (unpaired) electrons. The van der Waals surface area contributed by atoms with Crippen molar-refractivity contribution >= 4 is 0 Å². The third-order valence-electron chi connectivity index (χ3n) is 6.82. The molecule has 0 heterocycles. The topological polar surface area (TPSA) is 0 Å². The van der Waals surface area contributed by atoms with Crippen LogP contribution in [-0.2, 0) is 0 Å². The fourth-order valence-electron chi connectivity index (χ4n) is 4.81. The first-order chi connectivity index (χ1) is 13.6. The molecule has 29 heavy (non-hydrogen) atoms. The first-order valence-corrected chi connectivity index (χ1v) is 13.4. The Morgan fingerprint density at radius 3 is 1.14 bits per heavy atom. The van der Waals surface area contributed by atoms with Crippen LogP contribution in [0.3, 0.4) is 0 Å². The minimum Gasteiger partial charge on any atom is -1.00 e. The Morgan fingerprint density at radius 2 is 0.759 bits per heavy atom. The second-order valence-corrected chi connectivity index (χ2v) is 10.0. The van der Waals surface area contributed by atoms with E-state index in [-0.39, 0.29) is 12.4 Å². The fourth-order valence-corrected chi connectivity index (χ4v) is 4.81. The van der Waals surface area contributed by atoms with Crippen molar-refractivity contribution in [2.45, 2.75) is 155 Å². The lowest BCUT2D eigenvalue weighted by Crippen LogP contribution is -3.00. The summed E-state index contributed by atoms with van der Waals surface area (Å²) in [5.74, 6) is 0. The number of hydrogen-bond donors (Lipinski definition) is 0. The SMILES string of the molecule is CCCCCCCCCCCCCCCCC(CCCCC)[N+](C)(C)CCC.[Cl-]. The van der Waals surface area contributed by atoms with Gasteiger partial charge in [-0.15, -0.1) is 0 Å². The highest BCUT2D eigenvalue weighted by molar-refractivity contribution is 4.61. The predicted octanol–water partition coefficient (Wildman–Crippen LogP) is 6.30. The molecule has 178 valence electrons. The van der Waals surface area contributed by atoms with Gasteiger partial charge in [-0.25, -0.2) is 0 Å². The number of nitrogens with zero attached hydrogens (tertiary/aromatic N) is 1. The molecule has 0 spiro atoms. The molecule has 1 unspecified atom stereocenters. The summed E-state index contributed by atoms with van der Waals surface area (Å²) in [6.45, 7) is 8.32. The van der Waals surface area contributed by atoms with Crippen LogP contribution in [0.5, 0.6) is 0 Å². The van der Waals surface area contributed by atoms with Crippen molar-refractivity contribution in [1.29, 1.82) is 0 Å². The molecule has 0 aromatic heterocycles. The Labute approximate surface area is 192 Å². The molecule has 0 aromatic rings. The molecular weight excluding hydrogens is 374 g/mol. The molecule has 0 N–H and O–H groups in total. The fraction of sp³-hybridized carbons (Fsp3) is 1.00. The summed E-state index contributed by atoms with van der Waals surface area (Å²) in [5.41, 5.74) is 0. The molecule has 0 fully saturated rings. The Morgan fingerprint density at radius 1 is 0.448 bits per heavy atom. The first kappa shape index (κ1) is 31.4. The van der Waals surface area contributed by atoms with Crippen LogP contribution in [0.1, 0.15) is 149 Å². The number of rotatable bonds is 22. The molecule has 0 rings (SSSR count). The zero-order valence-corrected chi connectivity index (χ0v) is 22.0. The Kier molecular flexibility index (Phi) is 24.9. The van der Waals surface area contributed by atoms with Gasteiger partial charge in [-0.05, 0) is 32.1 Å². The van der Waals surface area contributed by atoms with Gasteiger partial charge in [-0.2, -0.15) is 0 Å². The van der Waals surface area contributed by atoms with Crippen LogP contribution in [0, 0.1) is 0 Å². The van der Waals surface area contributed by atoms with E-state index in [1.54, 1.807) is 0 Å². The van der Waals surface area contributed by atoms with E-state index in [4.69, 9.17) is 0 Å². The second-order valence-electron chi connectivity index (χ2n) is 10.0. The largest absolute Gasteiger partial charge is 1.00 e. The van der Waals surface area contributed by atoms with Gasteiger partial charge in [-0.1, -0.05) is 117 Å². The molecule has 0 aliphatic carbocycles. The first-order valence-electron chi connectivity index (χ1n) is 13.4. The standard InChI is InChI=1S/C27H58N.ClH/c1-6-9-11-12-13-14-15-16-17-18-19-20-21-23-25-27(24-22-10-7-2)28(4,5)26-8-3;/h27H,6-26H2,1-5H3;1H/q+1;/p-1. The van der Waals surface area contributed by atoms with Crippen LogP contribution in [0.2, 0.25) is 0 Å². The lowest BCUT2D eigenvalue weighted by atomic mass is 9.98. The van der Waals surface area contributed by atoms with E-state index in [1.165, 1.54) is 139 Å². The van der Waals surface area contributed by atoms with Crippen molar-refractivity contribution in [2.24, 2.45) is 0 Å². The van der Waals surface area contributed by atoms with E-state index in [1.807, 2.05) is 0 Å². The molecule has 0 bridgehead atoms. The molecule has 1 nitrogen and oxygen atoms in total. The highest BCUT2D eigenvalue weighted by Crippen LogP contribution is 2.22. The van der Waals surface area contributed by atoms with Crippen molar-refractivity contribution in [3.8, 4) is 0 Å². The van der Waals surface area contributed by atoms with Gasteiger partial charge < -0.3 is 16.9 Å². The third-order valence-corrected chi connectivity index (χ3v) is 6.82. The summed E-state index contributed by atoms with van der Waals surface area (Å²) in [4.78, 5) is 0. The third kappa shape index (κ3) is 19.9. The van der Waals surface area contributed by atoms with Crippen LogP contribution in [-0.4, -0.2) is 31.2 Å². The van der Waals surface area contributed by atoms with Gasteiger partial charge in [0.25, 0.3) is 0 Å². The van der Waals surface area contributed by atoms with E-state index < -0.39 is 0 Å². The smallest absolute Gasteiger partial charge is 0.0886 e. The molecule has 0 saturated carbocycles. The molecule has 0 aliphatic rings. The van der Waals surface area contributed by atoms with Crippen LogP contribution < -0.4 is 12.4 Å². The van der Waals surface area contributed by atoms with Crippen molar-refractivity contribution in [3.63, 3.8) is 0 Å². The van der Waals surface area contributed by atoms with E-state index in [0.717, 1.165) is 6.04 Å². The monoisotopic (exact) mass is 431 g/mol. The summed E-state index contributed by atoms with van der Waals surface area (Å²) >= 11 is 0. The Bertz CT molecular complexity index is 303. The van der Waals surface area contributed by atoms with E-state index in [2.05, 4.69) is 34.9 Å². The minimum atomic E-state index is 0. The average molecular weight is 432 g/mol. The van der Waals surface area contributed by atoms with Gasteiger partial charge in [0.1, 0.15) is 0 Å². The summed E-state index contributed by atoms with van der Waals surface area (Å²) in [5, 5.41) is 0. The number of quaternary nitrogens is 1. The lowest BCUT2D eigenvalue weighted by molar-refractivity contribution is -0.916. The number of halogens is 1. The summed E-state index contributed by atoms with van der Waals surface area (Å²) in [7, 11) is 4.95. The van der Waals surface area contributed by atoms with Crippen molar-refractivity contribution in [2.75, 3.05) is 20.6 Å². The Hall–Kier alpha value is 0.250. The molecule has 0 saturated heterocycles. The van der Waals surface area contributed by atoms with Crippen molar-refractivity contribution in [1.82, 2.24) is 0 Å². The molecule has 2 heteroatoms. The highest BCUT2D eigenvalue weighted by Gasteiger charge is 2.26. The molecule has 0 aromatic carbocycles. The number of hydrogen-bond acceptors (Lipinski definition) is 0. The zero-order chi connectivity index (χ0) is 20.9. The van der Waals surface area contributed by atoms with E-state index in [9.17, 15) is 0 Å². The minimum absolute atomic E-state index is 0. The highest BCUT2D eigenvalue weighted by atomic mass is 35.5. The summed E-state index contributed by atoms with van der Waals surface area (Å²) in [6, 6.07) is 0.892. The van der Waals surface area contributed by atoms with Crippen LogP contribution in [0.25, 0.3) is 0 Å². The van der Waals surface area contributed by atoms with E-state index in [0.29, 0.717) is 0 Å². The molecule has 1 atom stereocenters. The maximum atomic E-state index is 2.48. The quantitative estimate of drug-likeness (QED) is 0.139. The van der Waals surface area contributed by atoms with Gasteiger partial charge in [-0.3, -0.25) is 0 Å². The molecular formula is C27H58ClN. The molecule has 0 amide bonds. The molecule has 0 aliphatic heterocycles. The predicted molar refractivity (Wildman–Crippen MR) is 130 cm³/mol. The van der Waals surface area contributed by atoms with Gasteiger partial charge >= 0.3 is 0 Å². The van der Waals surface area contributed by atoms with Gasteiger partial charge in [0.2, 0.25) is 0 Å². The summed E-state index contributed by atoms with van der Waals surface area (Å²) < 4.78 is 1.25. The van der Waals surface area contributed by atoms with Crippen molar-refractivity contribution in [3.05, 3.63) is 0 Å². The summed E-state index contributed by atoms with van der Waals surface area (Å²) in [6.07, 6.45) is 28.9. The maximum Gasteiger partial charge on any atom is 0.0886 e. The van der Waals surface area contributed by atoms with Gasteiger partial charge in [0.15, 0.2) is 0 Å². The van der Waals surface area contributed by atoms with Crippen LogP contribution in [0.15, 0.2) is 0 Å². The average Bonchev–Trinajstić information content (AvgIpc) is 2.66. The van der Waals surface area contributed by atoms with Crippen LogP contribution in [0.4, 0.5) is 0 Å². The lowest BCUT2D eigenvalue weighted by Gasteiger charge is -2.38. The van der Waals surface area contributed by atoms with Crippen molar-refractivity contribution < 1.29 is 16.9 Å². The Balaban J connectivity index is 0. The normalized spacial score (nSPS) is 12.7. The zero-order valence-electron chi connectivity index (χ0n) is 21.3. The maximum absolute atomic E-state index is 2.48.